The number of anilines is 1. The Labute approximate surface area is 109 Å². The zero-order valence-corrected chi connectivity index (χ0v) is 12.2. The van der Waals surface area contributed by atoms with Crippen LogP contribution in [0.3, 0.4) is 0 Å². The molecule has 0 aliphatic heterocycles. The van der Waals surface area contributed by atoms with E-state index in [1.807, 2.05) is 13.8 Å². The first-order valence-electron chi connectivity index (χ1n) is 6.08. The van der Waals surface area contributed by atoms with Crippen LogP contribution in [0.15, 0.2) is 23.4 Å². The largest absolute Gasteiger partial charge is 0.387 e. The van der Waals surface area contributed by atoms with Crippen LogP contribution in [0.5, 0.6) is 0 Å². The van der Waals surface area contributed by atoms with Gasteiger partial charge in [0.15, 0.2) is 0 Å². The monoisotopic (exact) mass is 271 g/mol. The summed E-state index contributed by atoms with van der Waals surface area (Å²) >= 11 is 0. The summed E-state index contributed by atoms with van der Waals surface area (Å²) in [6.07, 6.45) is 4.55. The van der Waals surface area contributed by atoms with E-state index in [1.54, 1.807) is 26.4 Å². The number of hydrogen-bond acceptors (Lipinski definition) is 4. The smallest absolute Gasteiger partial charge is 0.246 e. The molecule has 0 aliphatic rings. The molecule has 0 saturated carbocycles. The van der Waals surface area contributed by atoms with Crippen LogP contribution in [-0.2, 0) is 10.0 Å². The molecule has 1 rings (SSSR count). The van der Waals surface area contributed by atoms with Gasteiger partial charge in [-0.1, -0.05) is 13.8 Å². The average molecular weight is 271 g/mol. The fourth-order valence-electron chi connectivity index (χ4n) is 1.95. The third-order valence-electron chi connectivity index (χ3n) is 3.17. The van der Waals surface area contributed by atoms with E-state index in [1.165, 1.54) is 10.5 Å². The van der Waals surface area contributed by atoms with Gasteiger partial charge in [-0.15, -0.1) is 0 Å². The summed E-state index contributed by atoms with van der Waals surface area (Å²) < 4.78 is 26.5. The molecule has 0 spiro atoms. The minimum absolute atomic E-state index is 0.0138. The number of nitrogens with one attached hydrogen (secondary N) is 1. The van der Waals surface area contributed by atoms with Gasteiger partial charge in [-0.3, -0.25) is 4.98 Å². The molecule has 0 atom stereocenters. The molecule has 1 aromatic rings. The van der Waals surface area contributed by atoms with Crippen LogP contribution in [0.25, 0.3) is 0 Å². The summed E-state index contributed by atoms with van der Waals surface area (Å²) in [5.41, 5.74) is 0.572. The zero-order valence-electron chi connectivity index (χ0n) is 11.3. The van der Waals surface area contributed by atoms with Gasteiger partial charge in [0.05, 0.1) is 5.69 Å². The Morgan fingerprint density at radius 2 is 2.00 bits per heavy atom. The van der Waals surface area contributed by atoms with Gasteiger partial charge < -0.3 is 5.32 Å². The SMILES string of the molecule is CCC(CC)N(C)S(=O)(=O)c1cnccc1NC. The van der Waals surface area contributed by atoms with Crippen molar-refractivity contribution in [2.24, 2.45) is 0 Å². The van der Waals surface area contributed by atoms with Crippen molar-refractivity contribution in [3.8, 4) is 0 Å². The molecule has 102 valence electrons. The lowest BCUT2D eigenvalue weighted by molar-refractivity contribution is 0.350. The Bertz CT molecular complexity index is 484. The molecule has 1 heterocycles. The molecule has 1 aromatic heterocycles. The van der Waals surface area contributed by atoms with Crippen molar-refractivity contribution < 1.29 is 8.42 Å². The van der Waals surface area contributed by atoms with Crippen molar-refractivity contribution in [2.75, 3.05) is 19.4 Å². The third kappa shape index (κ3) is 2.81. The van der Waals surface area contributed by atoms with Gasteiger partial charge in [-0.05, 0) is 18.9 Å². The molecule has 1 N–H and O–H groups in total. The number of sulfonamides is 1. The fourth-order valence-corrected chi connectivity index (χ4v) is 3.59. The van der Waals surface area contributed by atoms with Crippen LogP contribution >= 0.6 is 0 Å². The maximum atomic E-state index is 12.5. The Kier molecular flexibility index (Phi) is 5.10. The maximum absolute atomic E-state index is 12.5. The molecule has 0 radical (unpaired) electrons. The summed E-state index contributed by atoms with van der Waals surface area (Å²) in [5, 5.41) is 2.89. The molecular formula is C12H21N3O2S. The van der Waals surface area contributed by atoms with Gasteiger partial charge in [-0.2, -0.15) is 4.31 Å². The van der Waals surface area contributed by atoms with E-state index < -0.39 is 10.0 Å². The van der Waals surface area contributed by atoms with Gasteiger partial charge in [0, 0.05) is 32.5 Å². The van der Waals surface area contributed by atoms with E-state index in [0.717, 1.165) is 12.8 Å². The first-order valence-corrected chi connectivity index (χ1v) is 7.52. The number of aromatic nitrogens is 1. The lowest BCUT2D eigenvalue weighted by atomic mass is 10.2. The Balaban J connectivity index is 3.21. The number of hydrogen-bond donors (Lipinski definition) is 1. The van der Waals surface area contributed by atoms with E-state index >= 15 is 0 Å². The molecular weight excluding hydrogens is 250 g/mol. The van der Waals surface area contributed by atoms with Gasteiger partial charge >= 0.3 is 0 Å². The van der Waals surface area contributed by atoms with Crippen LogP contribution in [0, 0.1) is 0 Å². The minimum Gasteiger partial charge on any atom is -0.387 e. The summed E-state index contributed by atoms with van der Waals surface area (Å²) in [4.78, 5) is 4.13. The first-order chi connectivity index (χ1) is 8.48. The Hall–Kier alpha value is -1.14. The highest BCUT2D eigenvalue weighted by Crippen LogP contribution is 2.24. The van der Waals surface area contributed by atoms with Crippen LogP contribution in [0.4, 0.5) is 5.69 Å². The third-order valence-corrected chi connectivity index (χ3v) is 5.11. The lowest BCUT2D eigenvalue weighted by Gasteiger charge is -2.26. The summed E-state index contributed by atoms with van der Waals surface area (Å²) in [6.45, 7) is 3.98. The van der Waals surface area contributed by atoms with Gasteiger partial charge in [0.2, 0.25) is 10.0 Å². The summed E-state index contributed by atoms with van der Waals surface area (Å²) in [6, 6.07) is 1.67. The van der Waals surface area contributed by atoms with Crippen molar-refractivity contribution in [3.05, 3.63) is 18.5 Å². The topological polar surface area (TPSA) is 62.3 Å². The van der Waals surface area contributed by atoms with Crippen LogP contribution in [0.1, 0.15) is 26.7 Å². The second-order valence-electron chi connectivity index (χ2n) is 4.11. The van der Waals surface area contributed by atoms with Gasteiger partial charge in [-0.25, -0.2) is 8.42 Å². The second-order valence-corrected chi connectivity index (χ2v) is 6.08. The molecule has 0 unspecified atom stereocenters. The molecule has 0 saturated heterocycles. The van der Waals surface area contributed by atoms with Crippen LogP contribution < -0.4 is 5.32 Å². The van der Waals surface area contributed by atoms with Crippen molar-refractivity contribution in [3.63, 3.8) is 0 Å². The highest BCUT2D eigenvalue weighted by molar-refractivity contribution is 7.89. The van der Waals surface area contributed by atoms with Crippen LogP contribution in [0.2, 0.25) is 0 Å². The minimum atomic E-state index is -3.50. The molecule has 6 heteroatoms. The highest BCUT2D eigenvalue weighted by atomic mass is 32.2. The van der Waals surface area contributed by atoms with Gasteiger partial charge in [0.1, 0.15) is 4.90 Å². The predicted octanol–water partition coefficient (Wildman–Crippen LogP) is 1.93. The fraction of sp³-hybridized carbons (Fsp3) is 0.583. The second kappa shape index (κ2) is 6.15. The van der Waals surface area contributed by atoms with E-state index in [9.17, 15) is 8.42 Å². The number of nitrogens with zero attached hydrogens (tertiary/aromatic N) is 2. The van der Waals surface area contributed by atoms with Crippen molar-refractivity contribution in [1.29, 1.82) is 0 Å². The highest BCUT2D eigenvalue weighted by Gasteiger charge is 2.28. The molecule has 0 aliphatic carbocycles. The predicted molar refractivity (Wildman–Crippen MR) is 73.1 cm³/mol. The van der Waals surface area contributed by atoms with E-state index in [4.69, 9.17) is 0 Å². The Morgan fingerprint density at radius 1 is 1.39 bits per heavy atom. The standard InChI is InChI=1S/C12H21N3O2S/c1-5-10(6-2)15(4)18(16,17)12-9-14-8-7-11(12)13-3/h7-10H,5-6H2,1-4H3,(H,13,14). The van der Waals surface area contributed by atoms with Crippen LogP contribution in [-0.4, -0.2) is 37.8 Å². The van der Waals surface area contributed by atoms with Crippen molar-refractivity contribution in [1.82, 2.24) is 9.29 Å². The first kappa shape index (κ1) is 14.9. The number of pyridine rings is 1. The molecule has 18 heavy (non-hydrogen) atoms. The number of rotatable bonds is 6. The van der Waals surface area contributed by atoms with Crippen molar-refractivity contribution in [2.45, 2.75) is 37.6 Å². The molecule has 0 bridgehead atoms. The lowest BCUT2D eigenvalue weighted by Crippen LogP contribution is -2.36. The Morgan fingerprint density at radius 3 is 2.50 bits per heavy atom. The normalized spacial score (nSPS) is 12.1. The van der Waals surface area contributed by atoms with Gasteiger partial charge in [0.25, 0.3) is 0 Å². The van der Waals surface area contributed by atoms with Crippen molar-refractivity contribution >= 4 is 15.7 Å². The maximum Gasteiger partial charge on any atom is 0.246 e. The molecule has 0 fully saturated rings. The van der Waals surface area contributed by atoms with E-state index in [2.05, 4.69) is 10.3 Å². The zero-order chi connectivity index (χ0) is 13.8. The molecule has 5 nitrogen and oxygen atoms in total. The summed E-state index contributed by atoms with van der Waals surface area (Å²) in [7, 11) is -0.173. The summed E-state index contributed by atoms with van der Waals surface area (Å²) in [5.74, 6) is 0. The van der Waals surface area contributed by atoms with E-state index in [0.29, 0.717) is 5.69 Å². The molecule has 0 amide bonds. The molecule has 0 aromatic carbocycles. The van der Waals surface area contributed by atoms with E-state index in [-0.39, 0.29) is 10.9 Å². The quantitative estimate of drug-likeness (QED) is 0.859. The average Bonchev–Trinajstić information content (AvgIpc) is 2.39.